The maximum absolute atomic E-state index is 7.11. The topological polar surface area (TPSA) is 32.8 Å². The molecule has 0 aliphatic carbocycles. The standard InChI is InChI=1S/C64H56N2O2/c1-39-17-9-11-25-51(39)65(55-27-15-23-47-45-21-13-19-43(37-63(3,4)5)59(45)67-61(47)55)53-35-31-41-30-34-50-54(36-32-42-29-33-49(53)57(41)58(42)50)66(52-26-12-10-18-40(52)2)56-28-16-24-48-46-22-14-20-44(38-64(6,7)8)60(46)68-62(48)56/h9-36H,37-38H2,1-8H3. The molecule has 12 rings (SSSR count). The van der Waals surface area contributed by atoms with Gasteiger partial charge in [0.05, 0.1) is 22.7 Å². The number of anilines is 6. The summed E-state index contributed by atoms with van der Waals surface area (Å²) in [6, 6.07) is 62.4. The van der Waals surface area contributed by atoms with Gasteiger partial charge < -0.3 is 18.6 Å². The molecule has 2 aromatic heterocycles. The molecule has 68 heavy (non-hydrogen) atoms. The van der Waals surface area contributed by atoms with Crippen LogP contribution in [0.25, 0.3) is 76.2 Å². The fourth-order valence-electron chi connectivity index (χ4n) is 11.1. The molecule has 12 aromatic rings. The van der Waals surface area contributed by atoms with Gasteiger partial charge in [-0.15, -0.1) is 0 Å². The summed E-state index contributed by atoms with van der Waals surface area (Å²) in [5.74, 6) is 0. The SMILES string of the molecule is Cc1ccccc1N(c1ccc2ccc3c(N(c4ccccc4C)c4cccc5c4oc4c(CC(C)(C)C)cccc45)ccc4ccc1c2c43)c1cccc2c1oc1c(CC(C)(C)C)cccc12. The summed E-state index contributed by atoms with van der Waals surface area (Å²) in [6.45, 7) is 18.2. The Morgan fingerprint density at radius 3 is 1.07 bits per heavy atom. The van der Waals surface area contributed by atoms with E-state index in [0.29, 0.717) is 0 Å². The van der Waals surface area contributed by atoms with Crippen molar-refractivity contribution in [2.24, 2.45) is 10.8 Å². The number of aryl methyl sites for hydroxylation is 2. The maximum atomic E-state index is 7.11. The highest BCUT2D eigenvalue weighted by molar-refractivity contribution is 6.29. The minimum Gasteiger partial charge on any atom is -0.454 e. The zero-order chi connectivity index (χ0) is 46.6. The predicted molar refractivity (Wildman–Crippen MR) is 290 cm³/mol. The fraction of sp³-hybridized carbons (Fsp3) is 0.188. The molecule has 0 unspecified atom stereocenters. The molecule has 4 nitrogen and oxygen atoms in total. The van der Waals surface area contributed by atoms with Crippen LogP contribution in [0.5, 0.6) is 0 Å². The Labute approximate surface area is 398 Å². The van der Waals surface area contributed by atoms with Crippen LogP contribution >= 0.6 is 0 Å². The van der Waals surface area contributed by atoms with Gasteiger partial charge in [-0.1, -0.05) is 175 Å². The first-order valence-corrected chi connectivity index (χ1v) is 24.1. The summed E-state index contributed by atoms with van der Waals surface area (Å²) in [4.78, 5) is 4.87. The van der Waals surface area contributed by atoms with E-state index in [1.807, 2.05) is 0 Å². The molecule has 0 aliphatic heterocycles. The third kappa shape index (κ3) is 6.80. The number of hydrogen-bond donors (Lipinski definition) is 0. The van der Waals surface area contributed by atoms with E-state index in [1.54, 1.807) is 0 Å². The van der Waals surface area contributed by atoms with Crippen LogP contribution in [0.1, 0.15) is 63.8 Å². The van der Waals surface area contributed by atoms with Gasteiger partial charge >= 0.3 is 0 Å². The molecule has 0 atom stereocenters. The Bertz CT molecular complexity index is 3670. The number of benzene rings is 10. The molecule has 334 valence electrons. The maximum Gasteiger partial charge on any atom is 0.159 e. The molecule has 0 aliphatic rings. The van der Waals surface area contributed by atoms with Crippen LogP contribution < -0.4 is 9.80 Å². The van der Waals surface area contributed by atoms with Gasteiger partial charge in [-0.3, -0.25) is 0 Å². The van der Waals surface area contributed by atoms with E-state index in [-0.39, 0.29) is 10.8 Å². The van der Waals surface area contributed by atoms with Gasteiger partial charge in [0, 0.05) is 43.7 Å². The van der Waals surface area contributed by atoms with Crippen LogP contribution in [0.15, 0.2) is 179 Å². The van der Waals surface area contributed by atoms with E-state index < -0.39 is 0 Å². The van der Waals surface area contributed by atoms with Crippen molar-refractivity contribution < 1.29 is 8.83 Å². The average Bonchev–Trinajstić information content (AvgIpc) is 3.90. The Morgan fingerprint density at radius 1 is 0.324 bits per heavy atom. The van der Waals surface area contributed by atoms with Crippen LogP contribution in [0.4, 0.5) is 34.1 Å². The van der Waals surface area contributed by atoms with E-state index in [2.05, 4.69) is 235 Å². The Kier molecular flexibility index (Phi) is 9.54. The van der Waals surface area contributed by atoms with Crippen LogP contribution in [0.3, 0.4) is 0 Å². The summed E-state index contributed by atoms with van der Waals surface area (Å²) in [5.41, 5.74) is 15.2. The Hall–Kier alpha value is -7.56. The average molecular weight is 885 g/mol. The summed E-state index contributed by atoms with van der Waals surface area (Å²) < 4.78 is 14.2. The highest BCUT2D eigenvalue weighted by Gasteiger charge is 2.28. The van der Waals surface area contributed by atoms with Gasteiger partial charge in [-0.2, -0.15) is 0 Å². The van der Waals surface area contributed by atoms with Crippen molar-refractivity contribution in [2.75, 3.05) is 9.80 Å². The quantitative estimate of drug-likeness (QED) is 0.142. The van der Waals surface area contributed by atoms with Crippen molar-refractivity contribution in [1.82, 2.24) is 0 Å². The first kappa shape index (κ1) is 41.8. The van der Waals surface area contributed by atoms with Crippen molar-refractivity contribution in [1.29, 1.82) is 0 Å². The molecule has 10 aromatic carbocycles. The Balaban J connectivity index is 1.11. The second-order valence-corrected chi connectivity index (χ2v) is 21.4. The molecular formula is C64H56N2O2. The number of fused-ring (bicyclic) bond motifs is 6. The molecule has 2 heterocycles. The van der Waals surface area contributed by atoms with Gasteiger partial charge in [-0.05, 0) is 118 Å². The van der Waals surface area contributed by atoms with Crippen molar-refractivity contribution in [3.63, 3.8) is 0 Å². The van der Waals surface area contributed by atoms with Crippen LogP contribution in [0, 0.1) is 24.7 Å². The van der Waals surface area contributed by atoms with Crippen molar-refractivity contribution in [3.05, 3.63) is 192 Å². The first-order chi connectivity index (χ1) is 32.8. The lowest BCUT2D eigenvalue weighted by atomic mass is 9.87. The normalized spacial score (nSPS) is 12.5. The summed E-state index contributed by atoms with van der Waals surface area (Å²) in [5, 5.41) is 11.8. The molecule has 0 spiro atoms. The first-order valence-electron chi connectivity index (χ1n) is 24.1. The highest BCUT2D eigenvalue weighted by Crippen LogP contribution is 2.51. The van der Waals surface area contributed by atoms with Crippen LogP contribution in [0.2, 0.25) is 0 Å². The lowest BCUT2D eigenvalue weighted by Gasteiger charge is -2.30. The van der Waals surface area contributed by atoms with Crippen LogP contribution in [-0.2, 0) is 12.8 Å². The summed E-state index contributed by atoms with van der Waals surface area (Å²) >= 11 is 0. The van der Waals surface area contributed by atoms with E-state index in [4.69, 9.17) is 8.83 Å². The van der Waals surface area contributed by atoms with E-state index >= 15 is 0 Å². The van der Waals surface area contributed by atoms with Gasteiger partial charge in [0.25, 0.3) is 0 Å². The molecule has 0 bridgehead atoms. The molecule has 0 N–H and O–H groups in total. The van der Waals surface area contributed by atoms with Crippen molar-refractivity contribution >= 4 is 110 Å². The van der Waals surface area contributed by atoms with Crippen LogP contribution in [-0.4, -0.2) is 0 Å². The monoisotopic (exact) mass is 884 g/mol. The van der Waals surface area contributed by atoms with E-state index in [0.717, 1.165) is 90.8 Å². The van der Waals surface area contributed by atoms with Crippen molar-refractivity contribution in [3.8, 4) is 0 Å². The number of rotatable bonds is 8. The van der Waals surface area contributed by atoms with E-state index in [1.165, 1.54) is 54.6 Å². The lowest BCUT2D eigenvalue weighted by Crippen LogP contribution is -2.13. The third-order valence-electron chi connectivity index (χ3n) is 13.9. The number of nitrogens with zero attached hydrogens (tertiary/aromatic N) is 2. The van der Waals surface area contributed by atoms with E-state index in [9.17, 15) is 0 Å². The largest absolute Gasteiger partial charge is 0.454 e. The highest BCUT2D eigenvalue weighted by atomic mass is 16.3. The predicted octanol–water partition coefficient (Wildman–Crippen LogP) is 19.1. The Morgan fingerprint density at radius 2 is 0.676 bits per heavy atom. The van der Waals surface area contributed by atoms with Gasteiger partial charge in [0.15, 0.2) is 11.2 Å². The molecule has 0 fully saturated rings. The molecule has 4 heteroatoms. The minimum absolute atomic E-state index is 0.110. The van der Waals surface area contributed by atoms with Gasteiger partial charge in [0.2, 0.25) is 0 Å². The number of para-hydroxylation sites is 6. The third-order valence-corrected chi connectivity index (χ3v) is 13.9. The molecular weight excluding hydrogens is 829 g/mol. The summed E-state index contributed by atoms with van der Waals surface area (Å²) in [6.07, 6.45) is 1.84. The van der Waals surface area contributed by atoms with Crippen molar-refractivity contribution in [2.45, 2.75) is 68.2 Å². The molecule has 0 saturated heterocycles. The lowest BCUT2D eigenvalue weighted by molar-refractivity contribution is 0.410. The zero-order valence-electron chi connectivity index (χ0n) is 40.3. The fourth-order valence-corrected chi connectivity index (χ4v) is 11.1. The number of furan rings is 2. The number of hydrogen-bond acceptors (Lipinski definition) is 4. The van der Waals surface area contributed by atoms with Gasteiger partial charge in [-0.25, -0.2) is 0 Å². The molecule has 0 amide bonds. The molecule has 0 radical (unpaired) electrons. The van der Waals surface area contributed by atoms with Gasteiger partial charge in [0.1, 0.15) is 11.2 Å². The summed E-state index contributed by atoms with van der Waals surface area (Å²) in [7, 11) is 0. The molecule has 0 saturated carbocycles. The smallest absolute Gasteiger partial charge is 0.159 e. The second kappa shape index (κ2) is 15.5. The zero-order valence-corrected chi connectivity index (χ0v) is 40.3. The second-order valence-electron chi connectivity index (χ2n) is 21.4. The minimum atomic E-state index is 0.110.